The van der Waals surface area contributed by atoms with Gasteiger partial charge in [-0.1, -0.05) is 12.1 Å². The van der Waals surface area contributed by atoms with Crippen molar-refractivity contribution in [2.24, 2.45) is 0 Å². The van der Waals surface area contributed by atoms with Gasteiger partial charge in [-0.3, -0.25) is 4.79 Å². The van der Waals surface area contributed by atoms with Gasteiger partial charge in [0.1, 0.15) is 0 Å². The molecule has 0 N–H and O–H groups in total. The van der Waals surface area contributed by atoms with E-state index in [9.17, 15) is 4.79 Å². The van der Waals surface area contributed by atoms with Crippen LogP contribution in [-0.4, -0.2) is 5.12 Å². The Labute approximate surface area is 70.3 Å². The molecule has 0 aliphatic carbocycles. The lowest BCUT2D eigenvalue weighted by Gasteiger charge is -1.96. The van der Waals surface area contributed by atoms with E-state index in [0.717, 1.165) is 0 Å². The van der Waals surface area contributed by atoms with Crippen molar-refractivity contribution in [1.82, 2.24) is 0 Å². The molecule has 1 nitrogen and oxygen atoms in total. The van der Waals surface area contributed by atoms with Crippen LogP contribution in [0.3, 0.4) is 0 Å². The molecule has 1 aromatic rings. The zero-order chi connectivity index (χ0) is 7.56. The van der Waals surface area contributed by atoms with E-state index in [1.54, 1.807) is 18.2 Å². The van der Waals surface area contributed by atoms with Gasteiger partial charge in [0.15, 0.2) is 0 Å². The van der Waals surface area contributed by atoms with Crippen molar-refractivity contribution in [3.8, 4) is 0 Å². The molecular weight excluding hydrogens is 164 g/mol. The molecule has 0 heterocycles. The Balaban J connectivity index is 3.15. The lowest BCUT2D eigenvalue weighted by Crippen LogP contribution is -1.88. The fraction of sp³-hybridized carbons (Fsp3) is 0. The predicted octanol–water partition coefficient (Wildman–Crippen LogP) is 2.05. The molecule has 0 aliphatic heterocycles. The highest BCUT2D eigenvalue weighted by Crippen LogP contribution is 2.14. The molecule has 0 spiro atoms. The summed E-state index contributed by atoms with van der Waals surface area (Å²) in [6, 6.07) is 7.05. The van der Waals surface area contributed by atoms with E-state index in [1.165, 1.54) is 0 Å². The standard InChI is InChI=1S/C7H6OS2/c8-7(10)5-3-1-2-4-6(5)9/h1-4,9H,(H,8,10). The highest BCUT2D eigenvalue weighted by atomic mass is 32.1. The molecule has 3 heteroatoms. The first-order valence-electron chi connectivity index (χ1n) is 2.73. The first kappa shape index (κ1) is 7.69. The zero-order valence-electron chi connectivity index (χ0n) is 5.11. The lowest BCUT2D eigenvalue weighted by atomic mass is 10.2. The zero-order valence-corrected chi connectivity index (χ0v) is 6.90. The summed E-state index contributed by atoms with van der Waals surface area (Å²) in [7, 11) is 0. The second-order valence-corrected chi connectivity index (χ2v) is 2.71. The molecule has 1 aromatic carbocycles. The molecule has 0 amide bonds. The lowest BCUT2D eigenvalue weighted by molar-refractivity contribution is 0.108. The van der Waals surface area contributed by atoms with E-state index < -0.39 is 0 Å². The maximum absolute atomic E-state index is 10.7. The molecule has 0 aliphatic rings. The Morgan fingerprint density at radius 2 is 1.90 bits per heavy atom. The van der Waals surface area contributed by atoms with Gasteiger partial charge in [-0.15, -0.1) is 25.3 Å². The van der Waals surface area contributed by atoms with Gasteiger partial charge in [-0.05, 0) is 12.1 Å². The Bertz CT molecular complexity index is 258. The molecule has 0 saturated heterocycles. The van der Waals surface area contributed by atoms with Crippen molar-refractivity contribution < 1.29 is 4.79 Å². The predicted molar refractivity (Wildman–Crippen MR) is 47.0 cm³/mol. The van der Waals surface area contributed by atoms with E-state index in [0.29, 0.717) is 10.5 Å². The first-order chi connectivity index (χ1) is 4.72. The number of hydrogen-bond donors (Lipinski definition) is 2. The van der Waals surface area contributed by atoms with Gasteiger partial charge in [-0.2, -0.15) is 0 Å². The molecule has 10 heavy (non-hydrogen) atoms. The number of carbonyl (C=O) groups is 1. The molecular formula is C7H6OS2. The van der Waals surface area contributed by atoms with Crippen LogP contribution in [0.25, 0.3) is 0 Å². The van der Waals surface area contributed by atoms with Crippen molar-refractivity contribution in [2.75, 3.05) is 0 Å². The molecule has 0 bridgehead atoms. The minimum absolute atomic E-state index is 0.245. The van der Waals surface area contributed by atoms with Gasteiger partial charge in [0.05, 0.1) is 0 Å². The molecule has 0 fully saturated rings. The van der Waals surface area contributed by atoms with E-state index >= 15 is 0 Å². The summed E-state index contributed by atoms with van der Waals surface area (Å²) in [4.78, 5) is 11.4. The maximum Gasteiger partial charge on any atom is 0.217 e. The van der Waals surface area contributed by atoms with Gasteiger partial charge in [-0.25, -0.2) is 0 Å². The number of hydrogen-bond acceptors (Lipinski definition) is 2. The second-order valence-electron chi connectivity index (χ2n) is 1.82. The van der Waals surface area contributed by atoms with Gasteiger partial charge in [0.2, 0.25) is 5.12 Å². The normalized spacial score (nSPS) is 9.40. The third-order valence-electron chi connectivity index (χ3n) is 1.13. The molecule has 0 saturated carbocycles. The van der Waals surface area contributed by atoms with Crippen LogP contribution in [0.15, 0.2) is 29.2 Å². The summed E-state index contributed by atoms with van der Waals surface area (Å²) in [5, 5.41) is -0.245. The fourth-order valence-corrected chi connectivity index (χ4v) is 1.20. The van der Waals surface area contributed by atoms with Crippen LogP contribution in [0.5, 0.6) is 0 Å². The van der Waals surface area contributed by atoms with Gasteiger partial charge in [0.25, 0.3) is 0 Å². The van der Waals surface area contributed by atoms with Crippen LogP contribution < -0.4 is 0 Å². The van der Waals surface area contributed by atoms with Crippen LogP contribution in [0, 0.1) is 0 Å². The molecule has 52 valence electrons. The molecule has 0 atom stereocenters. The largest absolute Gasteiger partial charge is 0.282 e. The van der Waals surface area contributed by atoms with Crippen LogP contribution >= 0.6 is 25.3 Å². The first-order valence-corrected chi connectivity index (χ1v) is 3.62. The van der Waals surface area contributed by atoms with E-state index in [1.807, 2.05) is 6.07 Å². The van der Waals surface area contributed by atoms with Gasteiger partial charge in [0, 0.05) is 10.5 Å². The molecule has 0 unspecified atom stereocenters. The van der Waals surface area contributed by atoms with Crippen molar-refractivity contribution >= 4 is 30.4 Å². The maximum atomic E-state index is 10.7. The van der Waals surface area contributed by atoms with Crippen molar-refractivity contribution in [3.63, 3.8) is 0 Å². The molecule has 1 rings (SSSR count). The van der Waals surface area contributed by atoms with Gasteiger partial charge < -0.3 is 0 Å². The number of thiol groups is 2. The van der Waals surface area contributed by atoms with Crippen LogP contribution in [0.4, 0.5) is 0 Å². The summed E-state index contributed by atoms with van der Waals surface area (Å²) in [5.74, 6) is 0. The summed E-state index contributed by atoms with van der Waals surface area (Å²) < 4.78 is 0. The van der Waals surface area contributed by atoms with Crippen molar-refractivity contribution in [3.05, 3.63) is 29.8 Å². The Hall–Kier alpha value is -0.410. The quantitative estimate of drug-likeness (QED) is 0.617. The van der Waals surface area contributed by atoms with Gasteiger partial charge >= 0.3 is 0 Å². The minimum Gasteiger partial charge on any atom is -0.282 e. The van der Waals surface area contributed by atoms with Crippen LogP contribution in [0.2, 0.25) is 0 Å². The third kappa shape index (κ3) is 1.55. The van der Waals surface area contributed by atoms with E-state index in [-0.39, 0.29) is 5.12 Å². The topological polar surface area (TPSA) is 17.1 Å². The van der Waals surface area contributed by atoms with E-state index in [4.69, 9.17) is 0 Å². The Morgan fingerprint density at radius 3 is 2.30 bits per heavy atom. The summed E-state index contributed by atoms with van der Waals surface area (Å²) in [6.07, 6.45) is 0. The summed E-state index contributed by atoms with van der Waals surface area (Å²) in [5.41, 5.74) is 0.550. The van der Waals surface area contributed by atoms with E-state index in [2.05, 4.69) is 25.3 Å². The summed E-state index contributed by atoms with van der Waals surface area (Å²) >= 11 is 7.74. The SMILES string of the molecule is O=C(S)c1ccccc1S. The van der Waals surface area contributed by atoms with Crippen LogP contribution in [-0.2, 0) is 0 Å². The average Bonchev–Trinajstić information content (AvgIpc) is 1.88. The smallest absolute Gasteiger partial charge is 0.217 e. The third-order valence-corrected chi connectivity index (χ3v) is 1.77. The second kappa shape index (κ2) is 3.12. The number of rotatable bonds is 1. The minimum atomic E-state index is -0.245. The fourth-order valence-electron chi connectivity index (χ4n) is 0.654. The average molecular weight is 170 g/mol. The Kier molecular flexibility index (Phi) is 2.40. The molecule has 0 aromatic heterocycles. The highest BCUT2D eigenvalue weighted by molar-refractivity contribution is 7.97. The number of benzene rings is 1. The van der Waals surface area contributed by atoms with Crippen molar-refractivity contribution in [1.29, 1.82) is 0 Å². The summed E-state index contributed by atoms with van der Waals surface area (Å²) in [6.45, 7) is 0. The van der Waals surface area contributed by atoms with Crippen molar-refractivity contribution in [2.45, 2.75) is 4.90 Å². The van der Waals surface area contributed by atoms with Crippen LogP contribution in [0.1, 0.15) is 10.4 Å². The molecule has 0 radical (unpaired) electrons. The monoisotopic (exact) mass is 170 g/mol. The Morgan fingerprint density at radius 1 is 1.30 bits per heavy atom. The number of carbonyl (C=O) groups excluding carboxylic acids is 1. The highest BCUT2D eigenvalue weighted by Gasteiger charge is 2.01.